The van der Waals surface area contributed by atoms with Crippen molar-refractivity contribution in [2.24, 2.45) is 0 Å². The topological polar surface area (TPSA) is 66.0 Å². The van der Waals surface area contributed by atoms with Crippen molar-refractivity contribution in [3.63, 3.8) is 0 Å². The van der Waals surface area contributed by atoms with Crippen LogP contribution in [0.2, 0.25) is 0 Å². The minimum absolute atomic E-state index is 0.585. The molecule has 3 rings (SSSR count). The Morgan fingerprint density at radius 3 is 2.77 bits per heavy atom. The maximum absolute atomic E-state index is 9.14. The molecule has 0 aromatic carbocycles. The van der Waals surface area contributed by atoms with Gasteiger partial charge in [-0.05, 0) is 18.2 Å². The quantitative estimate of drug-likeness (QED) is 0.447. The first kappa shape index (κ1) is 14.8. The monoisotopic (exact) mass is 287 g/mol. The van der Waals surface area contributed by atoms with Crippen LogP contribution in [0.5, 0.6) is 0 Å². The number of nitriles is 1. The number of pyridine rings is 2. The predicted molar refractivity (Wildman–Crippen MR) is 86.8 cm³/mol. The molecule has 0 fully saturated rings. The fourth-order valence-electron chi connectivity index (χ4n) is 2.01. The van der Waals surface area contributed by atoms with Gasteiger partial charge in [-0.1, -0.05) is 6.42 Å². The number of fused-ring (bicyclic) bond motifs is 1. The molecule has 22 heavy (non-hydrogen) atoms. The first-order chi connectivity index (χ1) is 10.8. The third-order valence-electron chi connectivity index (χ3n) is 2.90. The number of hydrogen-bond acceptors (Lipinski definition) is 4. The second kappa shape index (κ2) is 6.74. The third-order valence-corrected chi connectivity index (χ3v) is 2.90. The summed E-state index contributed by atoms with van der Waals surface area (Å²) in [6.45, 7) is 6.00. The molecule has 0 unspecified atom stereocenters. The van der Waals surface area contributed by atoms with E-state index < -0.39 is 0 Å². The van der Waals surface area contributed by atoms with Gasteiger partial charge in [0.25, 0.3) is 0 Å². The number of rotatable bonds is 2. The molecule has 0 saturated carbocycles. The van der Waals surface area contributed by atoms with Crippen molar-refractivity contribution >= 4 is 11.5 Å². The molecule has 0 amide bonds. The Bertz CT molecular complexity index is 880. The molecule has 0 saturated heterocycles. The first-order valence-corrected chi connectivity index (χ1v) is 6.36. The lowest BCUT2D eigenvalue weighted by Gasteiger charge is -2.03. The zero-order valence-corrected chi connectivity index (χ0v) is 11.8. The fraction of sp³-hybridized carbons (Fsp3) is 0. The number of anilines is 1. The summed E-state index contributed by atoms with van der Waals surface area (Å²) in [4.78, 5) is 8.38. The summed E-state index contributed by atoms with van der Waals surface area (Å²) in [7, 11) is 0. The lowest BCUT2D eigenvalue weighted by atomic mass is 10.1. The van der Waals surface area contributed by atoms with Gasteiger partial charge < -0.3 is 4.40 Å². The molecule has 0 atom stereocenters. The normalized spacial score (nSPS) is 9.18. The molecule has 0 bridgehead atoms. The van der Waals surface area contributed by atoms with E-state index in [9.17, 15) is 0 Å². The highest BCUT2D eigenvalue weighted by Crippen LogP contribution is 2.23. The Hall–Kier alpha value is -3.57. The average molecular weight is 287 g/mol. The summed E-state index contributed by atoms with van der Waals surface area (Å²) in [6, 6.07) is 9.96. The summed E-state index contributed by atoms with van der Waals surface area (Å²) < 4.78 is 1.85. The molecule has 1 N–H and O–H groups in total. The zero-order valence-electron chi connectivity index (χ0n) is 11.8. The van der Waals surface area contributed by atoms with E-state index in [1.54, 1.807) is 24.7 Å². The number of hydrogen-bond donors (Lipinski definition) is 1. The van der Waals surface area contributed by atoms with Gasteiger partial charge in [-0.25, -0.2) is 4.98 Å². The van der Waals surface area contributed by atoms with E-state index in [4.69, 9.17) is 11.7 Å². The highest BCUT2D eigenvalue weighted by molar-refractivity contribution is 5.70. The van der Waals surface area contributed by atoms with Gasteiger partial charge in [0, 0.05) is 35.8 Å². The highest BCUT2D eigenvalue weighted by atomic mass is 15.1. The molecule has 0 aliphatic carbocycles. The van der Waals surface area contributed by atoms with E-state index in [1.165, 1.54) is 0 Å². The number of aromatic nitrogens is 3. The summed E-state index contributed by atoms with van der Waals surface area (Å²) in [5.41, 5.74) is 3.04. The summed E-state index contributed by atoms with van der Waals surface area (Å²) in [5, 5.41) is 11.8. The van der Waals surface area contributed by atoms with Crippen molar-refractivity contribution < 1.29 is 0 Å². The van der Waals surface area contributed by atoms with Crippen molar-refractivity contribution in [2.45, 2.75) is 0 Å². The van der Waals surface area contributed by atoms with Crippen molar-refractivity contribution in [1.82, 2.24) is 14.4 Å². The van der Waals surface area contributed by atoms with Gasteiger partial charge in [-0.3, -0.25) is 10.3 Å². The third kappa shape index (κ3) is 2.79. The van der Waals surface area contributed by atoms with Crippen LogP contribution in [0.3, 0.4) is 0 Å². The Balaban J connectivity index is 0.000000847. The number of nitrogens with zero attached hydrogens (tertiary/aromatic N) is 4. The van der Waals surface area contributed by atoms with E-state index in [-0.39, 0.29) is 0 Å². The second-order valence-electron chi connectivity index (χ2n) is 4.11. The zero-order chi connectivity index (χ0) is 15.9. The standard InChI is InChI=1S/C15H9N5.C2H4/c1-2-18-14-10-20-9-12(3-4-15(20)19-14)13-8-17-6-5-11(13)7-16;1-2/h1,3-6,8-10,18H;1-2H2. The van der Waals surface area contributed by atoms with Crippen LogP contribution in [0.25, 0.3) is 16.8 Å². The summed E-state index contributed by atoms with van der Waals surface area (Å²) in [6.07, 6.45) is 12.2. The van der Waals surface area contributed by atoms with Crippen molar-refractivity contribution in [3.8, 4) is 29.7 Å². The molecule has 106 valence electrons. The smallest absolute Gasteiger partial charge is 0.156 e. The van der Waals surface area contributed by atoms with E-state index in [0.29, 0.717) is 11.4 Å². The molecular weight excluding hydrogens is 274 g/mol. The van der Waals surface area contributed by atoms with Crippen LogP contribution in [0.1, 0.15) is 5.56 Å². The Morgan fingerprint density at radius 1 is 1.23 bits per heavy atom. The first-order valence-electron chi connectivity index (χ1n) is 6.36. The van der Waals surface area contributed by atoms with Crippen molar-refractivity contribution in [3.05, 3.63) is 61.7 Å². The summed E-state index contributed by atoms with van der Waals surface area (Å²) in [5.74, 6) is 0.608. The van der Waals surface area contributed by atoms with Crippen LogP contribution in [0.15, 0.2) is 56.1 Å². The lowest BCUT2D eigenvalue weighted by Crippen LogP contribution is -1.89. The van der Waals surface area contributed by atoms with E-state index in [1.807, 2.05) is 22.7 Å². The molecule has 3 heterocycles. The van der Waals surface area contributed by atoms with Gasteiger partial charge >= 0.3 is 0 Å². The highest BCUT2D eigenvalue weighted by Gasteiger charge is 2.07. The van der Waals surface area contributed by atoms with Crippen molar-refractivity contribution in [2.75, 3.05) is 5.32 Å². The van der Waals surface area contributed by atoms with Crippen LogP contribution < -0.4 is 5.32 Å². The lowest BCUT2D eigenvalue weighted by molar-refractivity contribution is 1.18. The van der Waals surface area contributed by atoms with Crippen LogP contribution in [0.4, 0.5) is 5.82 Å². The molecule has 0 aliphatic heterocycles. The largest absolute Gasteiger partial charge is 0.304 e. The second-order valence-corrected chi connectivity index (χ2v) is 4.11. The number of imidazole rings is 1. The Morgan fingerprint density at radius 2 is 2.05 bits per heavy atom. The van der Waals surface area contributed by atoms with Gasteiger partial charge in [-0.2, -0.15) is 5.26 Å². The molecule has 0 radical (unpaired) electrons. The maximum atomic E-state index is 9.14. The maximum Gasteiger partial charge on any atom is 0.156 e. The SMILES string of the molecule is C#CNc1cn2cc(-c3cnccc3C#N)ccc2n1.C=C. The van der Waals surface area contributed by atoms with Gasteiger partial charge in [0.1, 0.15) is 5.65 Å². The van der Waals surface area contributed by atoms with Crippen LogP contribution in [-0.4, -0.2) is 14.4 Å². The van der Waals surface area contributed by atoms with Crippen LogP contribution in [-0.2, 0) is 0 Å². The van der Waals surface area contributed by atoms with Gasteiger partial charge in [0.15, 0.2) is 5.82 Å². The number of terminal acetylenes is 1. The molecule has 3 aromatic heterocycles. The van der Waals surface area contributed by atoms with Gasteiger partial charge in [0.05, 0.1) is 17.8 Å². The molecule has 5 nitrogen and oxygen atoms in total. The van der Waals surface area contributed by atoms with Gasteiger partial charge in [0.2, 0.25) is 0 Å². The molecule has 0 aliphatic rings. The van der Waals surface area contributed by atoms with E-state index in [2.05, 4.69) is 40.6 Å². The van der Waals surface area contributed by atoms with Gasteiger partial charge in [-0.15, -0.1) is 13.2 Å². The molecule has 5 heteroatoms. The average Bonchev–Trinajstić information content (AvgIpc) is 2.98. The predicted octanol–water partition coefficient (Wildman–Crippen LogP) is 3.07. The molecular formula is C17H13N5. The Kier molecular flexibility index (Phi) is 4.54. The van der Waals surface area contributed by atoms with Crippen LogP contribution in [0, 0.1) is 23.8 Å². The van der Waals surface area contributed by atoms with Crippen molar-refractivity contribution in [1.29, 1.82) is 5.26 Å². The van der Waals surface area contributed by atoms with Crippen LogP contribution >= 0.6 is 0 Å². The minimum atomic E-state index is 0.585. The van der Waals surface area contributed by atoms with E-state index >= 15 is 0 Å². The minimum Gasteiger partial charge on any atom is -0.304 e. The molecule has 0 spiro atoms. The number of nitrogens with one attached hydrogen (secondary N) is 1. The van der Waals surface area contributed by atoms with E-state index in [0.717, 1.165) is 16.8 Å². The molecule has 3 aromatic rings. The fourth-order valence-corrected chi connectivity index (χ4v) is 2.01. The Labute approximate surface area is 128 Å². The summed E-state index contributed by atoms with van der Waals surface area (Å²) >= 11 is 0.